The molecule has 0 saturated heterocycles. The van der Waals surface area contributed by atoms with Crippen LogP contribution < -0.4 is 4.74 Å². The highest BCUT2D eigenvalue weighted by molar-refractivity contribution is 9.10. The molecule has 1 aliphatic carbocycles. The number of carbonyl (C=O) groups excluding carboxylic acids is 1. The van der Waals surface area contributed by atoms with Gasteiger partial charge < -0.3 is 4.74 Å². The molecule has 2 nitrogen and oxygen atoms in total. The molecule has 3 aromatic rings. The minimum Gasteiger partial charge on any atom is -0.496 e. The van der Waals surface area contributed by atoms with E-state index in [4.69, 9.17) is 4.74 Å². The number of halogens is 1. The molecule has 0 aromatic heterocycles. The van der Waals surface area contributed by atoms with E-state index in [1.807, 2.05) is 54.6 Å². The predicted molar refractivity (Wildman–Crippen MR) is 112 cm³/mol. The number of Topliss-reactive ketones (excluding diaryl/α,β-unsaturated/α-hetero) is 1. The Labute approximate surface area is 167 Å². The summed E-state index contributed by atoms with van der Waals surface area (Å²) in [7, 11) is 1.60. The number of ether oxygens (including phenoxy) is 1. The molecular formula is C24H19BrO2. The topological polar surface area (TPSA) is 26.3 Å². The lowest BCUT2D eigenvalue weighted by molar-refractivity contribution is 0.0976. The lowest BCUT2D eigenvalue weighted by Crippen LogP contribution is -2.06. The molecule has 27 heavy (non-hydrogen) atoms. The van der Waals surface area contributed by atoms with Crippen LogP contribution in [-0.4, -0.2) is 12.9 Å². The summed E-state index contributed by atoms with van der Waals surface area (Å²) < 4.78 is 6.42. The van der Waals surface area contributed by atoms with Crippen LogP contribution in [0.3, 0.4) is 0 Å². The van der Waals surface area contributed by atoms with Crippen LogP contribution in [-0.2, 0) is 0 Å². The maximum Gasteiger partial charge on any atom is 0.167 e. The molecule has 134 valence electrons. The molecule has 0 bridgehead atoms. The van der Waals surface area contributed by atoms with Crippen molar-refractivity contribution in [3.8, 4) is 5.75 Å². The first-order valence-electron chi connectivity index (χ1n) is 8.91. The molecule has 3 aromatic carbocycles. The summed E-state index contributed by atoms with van der Waals surface area (Å²) in [5.74, 6) is 0.779. The van der Waals surface area contributed by atoms with Crippen molar-refractivity contribution >= 4 is 27.3 Å². The Kier molecular flexibility index (Phi) is 4.95. The smallest absolute Gasteiger partial charge is 0.167 e. The first kappa shape index (κ1) is 17.7. The normalized spacial score (nSPS) is 15.2. The quantitative estimate of drug-likeness (QED) is 0.457. The third-order valence-electron chi connectivity index (χ3n) is 5.00. The van der Waals surface area contributed by atoms with E-state index >= 15 is 0 Å². The molecule has 0 amide bonds. The fraction of sp³-hybridized carbons (Fsp3) is 0.125. The van der Waals surface area contributed by atoms with Gasteiger partial charge in [0.05, 0.1) is 12.7 Å². The highest BCUT2D eigenvalue weighted by Gasteiger charge is 2.27. The fourth-order valence-corrected chi connectivity index (χ4v) is 4.21. The number of fused-ring (bicyclic) bond motifs is 1. The third-order valence-corrected chi connectivity index (χ3v) is 5.69. The Balaban J connectivity index is 1.71. The van der Waals surface area contributed by atoms with Crippen LogP contribution >= 0.6 is 15.9 Å². The van der Waals surface area contributed by atoms with Crippen LogP contribution in [0.5, 0.6) is 5.75 Å². The minimum absolute atomic E-state index is 0.0562. The predicted octanol–water partition coefficient (Wildman–Crippen LogP) is 6.26. The van der Waals surface area contributed by atoms with Crippen LogP contribution in [0.2, 0.25) is 0 Å². The van der Waals surface area contributed by atoms with E-state index in [0.29, 0.717) is 17.7 Å². The number of rotatable bonds is 5. The number of hydrogen-bond donors (Lipinski definition) is 0. The van der Waals surface area contributed by atoms with Crippen molar-refractivity contribution in [3.05, 3.63) is 106 Å². The molecule has 1 atom stereocenters. The summed E-state index contributed by atoms with van der Waals surface area (Å²) in [6.45, 7) is 0. The van der Waals surface area contributed by atoms with Crippen molar-refractivity contribution in [2.45, 2.75) is 12.3 Å². The summed E-state index contributed by atoms with van der Waals surface area (Å²) in [5, 5.41) is 0. The lowest BCUT2D eigenvalue weighted by Gasteiger charge is -2.12. The molecule has 0 unspecified atom stereocenters. The van der Waals surface area contributed by atoms with Gasteiger partial charge in [-0.1, -0.05) is 76.6 Å². The average Bonchev–Trinajstić information content (AvgIpc) is 3.06. The van der Waals surface area contributed by atoms with Crippen molar-refractivity contribution < 1.29 is 9.53 Å². The van der Waals surface area contributed by atoms with Gasteiger partial charge in [-0.25, -0.2) is 0 Å². The van der Waals surface area contributed by atoms with E-state index in [0.717, 1.165) is 10.0 Å². The highest BCUT2D eigenvalue weighted by Crippen LogP contribution is 2.43. The maximum atomic E-state index is 13.0. The zero-order valence-electron chi connectivity index (χ0n) is 15.0. The number of benzene rings is 3. The van der Waals surface area contributed by atoms with Crippen molar-refractivity contribution in [2.24, 2.45) is 0 Å². The first-order valence-corrected chi connectivity index (χ1v) is 9.70. The second kappa shape index (κ2) is 7.53. The Bertz CT molecular complexity index is 1040. The van der Waals surface area contributed by atoms with Gasteiger partial charge in [0.25, 0.3) is 0 Å². The summed E-state index contributed by atoms with van der Waals surface area (Å²) in [6.07, 6.45) is 2.64. The highest BCUT2D eigenvalue weighted by atomic mass is 79.9. The lowest BCUT2D eigenvalue weighted by atomic mass is 9.93. The summed E-state index contributed by atoms with van der Waals surface area (Å²) >= 11 is 3.66. The van der Waals surface area contributed by atoms with Gasteiger partial charge in [0.15, 0.2) is 5.78 Å². The first-order chi connectivity index (χ1) is 13.2. The minimum atomic E-state index is 0.0562. The van der Waals surface area contributed by atoms with Gasteiger partial charge in [0.2, 0.25) is 0 Å². The number of methoxy groups -OCH3 is 1. The van der Waals surface area contributed by atoms with Gasteiger partial charge in [0.1, 0.15) is 5.75 Å². The van der Waals surface area contributed by atoms with Crippen LogP contribution in [0, 0.1) is 0 Å². The van der Waals surface area contributed by atoms with Crippen LogP contribution in [0.25, 0.3) is 5.57 Å². The summed E-state index contributed by atoms with van der Waals surface area (Å²) in [4.78, 5) is 13.0. The van der Waals surface area contributed by atoms with E-state index in [2.05, 4.69) is 40.2 Å². The zero-order chi connectivity index (χ0) is 18.8. The fourth-order valence-electron chi connectivity index (χ4n) is 3.71. The largest absolute Gasteiger partial charge is 0.496 e. The van der Waals surface area contributed by atoms with Crippen molar-refractivity contribution in [1.29, 1.82) is 0 Å². The van der Waals surface area contributed by atoms with Gasteiger partial charge in [-0.15, -0.1) is 0 Å². The van der Waals surface area contributed by atoms with Gasteiger partial charge >= 0.3 is 0 Å². The van der Waals surface area contributed by atoms with Crippen LogP contribution in [0.15, 0.2) is 83.3 Å². The molecule has 0 saturated carbocycles. The Morgan fingerprint density at radius 1 is 0.926 bits per heavy atom. The molecule has 0 radical (unpaired) electrons. The van der Waals surface area contributed by atoms with Gasteiger partial charge in [-0.2, -0.15) is 0 Å². The molecule has 0 heterocycles. The van der Waals surface area contributed by atoms with Gasteiger partial charge in [-0.05, 0) is 40.5 Å². The summed E-state index contributed by atoms with van der Waals surface area (Å²) in [6, 6.07) is 24.0. The average molecular weight is 419 g/mol. The monoisotopic (exact) mass is 418 g/mol. The molecule has 0 spiro atoms. The Morgan fingerprint density at radius 2 is 1.59 bits per heavy atom. The molecule has 3 heteroatoms. The standard InChI is InChI=1S/C24H19BrO2/c1-27-24-13-7-5-11-20(24)23(26)15-16-14-21(18-9-3-2-8-17(16)18)19-10-4-6-12-22(19)25/h2-14,16H,15H2,1H3/t16-/m1/s1. The SMILES string of the molecule is COc1ccccc1C(=O)C[C@H]1C=C(c2ccccc2Br)c2ccccc21. The van der Waals surface area contributed by atoms with Gasteiger partial charge in [0, 0.05) is 16.8 Å². The second-order valence-corrected chi connectivity index (χ2v) is 7.44. The number of para-hydroxylation sites is 1. The Morgan fingerprint density at radius 3 is 2.37 bits per heavy atom. The number of hydrogen-bond acceptors (Lipinski definition) is 2. The van der Waals surface area contributed by atoms with Crippen molar-refractivity contribution in [3.63, 3.8) is 0 Å². The number of ketones is 1. The van der Waals surface area contributed by atoms with E-state index in [1.54, 1.807) is 7.11 Å². The summed E-state index contributed by atoms with van der Waals surface area (Å²) in [5.41, 5.74) is 5.36. The number of allylic oxidation sites excluding steroid dienone is 1. The van der Waals surface area contributed by atoms with Crippen molar-refractivity contribution in [2.75, 3.05) is 7.11 Å². The Hall–Kier alpha value is -2.65. The third kappa shape index (κ3) is 3.35. The van der Waals surface area contributed by atoms with E-state index < -0.39 is 0 Å². The van der Waals surface area contributed by atoms with Crippen molar-refractivity contribution in [1.82, 2.24) is 0 Å². The van der Waals surface area contributed by atoms with Crippen LogP contribution in [0.4, 0.5) is 0 Å². The number of carbonyl (C=O) groups is 1. The van der Waals surface area contributed by atoms with Crippen LogP contribution in [0.1, 0.15) is 39.4 Å². The molecule has 0 N–H and O–H groups in total. The zero-order valence-corrected chi connectivity index (χ0v) is 16.6. The second-order valence-electron chi connectivity index (χ2n) is 6.58. The molecule has 0 fully saturated rings. The van der Waals surface area contributed by atoms with Gasteiger partial charge in [-0.3, -0.25) is 4.79 Å². The molecule has 0 aliphatic heterocycles. The van der Waals surface area contributed by atoms with E-state index in [9.17, 15) is 4.79 Å². The van der Waals surface area contributed by atoms with E-state index in [-0.39, 0.29) is 11.7 Å². The molecular weight excluding hydrogens is 400 g/mol. The molecule has 4 rings (SSSR count). The maximum absolute atomic E-state index is 13.0. The van der Waals surface area contributed by atoms with E-state index in [1.165, 1.54) is 16.7 Å². The molecule has 1 aliphatic rings.